The molecule has 0 unspecified atom stereocenters. The molecule has 0 saturated heterocycles. The third kappa shape index (κ3) is 3.37. The first-order chi connectivity index (χ1) is 10.7. The van der Waals surface area contributed by atoms with Crippen LogP contribution in [-0.4, -0.2) is 31.7 Å². The van der Waals surface area contributed by atoms with E-state index in [9.17, 15) is 4.79 Å². The molecule has 0 saturated carbocycles. The van der Waals surface area contributed by atoms with Crippen LogP contribution in [0.2, 0.25) is 0 Å². The van der Waals surface area contributed by atoms with Crippen molar-refractivity contribution in [3.05, 3.63) is 58.9 Å². The SMILES string of the molecule is C[C@@H](Cc1ccsc1)NC(=O)c1ccnc(-n2cncn2)c1. The number of thiophene rings is 1. The molecular weight excluding hydrogens is 298 g/mol. The molecule has 1 atom stereocenters. The summed E-state index contributed by atoms with van der Waals surface area (Å²) in [6.07, 6.45) is 5.38. The van der Waals surface area contributed by atoms with Gasteiger partial charge in [0.15, 0.2) is 5.82 Å². The number of pyridine rings is 1. The lowest BCUT2D eigenvalue weighted by Crippen LogP contribution is -2.34. The van der Waals surface area contributed by atoms with E-state index in [4.69, 9.17) is 0 Å². The molecule has 0 aliphatic carbocycles. The van der Waals surface area contributed by atoms with E-state index in [0.29, 0.717) is 11.4 Å². The molecule has 22 heavy (non-hydrogen) atoms. The zero-order valence-corrected chi connectivity index (χ0v) is 12.8. The van der Waals surface area contributed by atoms with Gasteiger partial charge in [-0.25, -0.2) is 14.6 Å². The maximum absolute atomic E-state index is 12.3. The smallest absolute Gasteiger partial charge is 0.251 e. The quantitative estimate of drug-likeness (QED) is 0.783. The Bertz CT molecular complexity index is 739. The molecule has 0 fully saturated rings. The first-order valence-corrected chi connectivity index (χ1v) is 7.79. The van der Waals surface area contributed by atoms with E-state index in [-0.39, 0.29) is 11.9 Å². The van der Waals surface area contributed by atoms with Gasteiger partial charge in [0.05, 0.1) is 0 Å². The molecule has 1 amide bonds. The first kappa shape index (κ1) is 14.4. The van der Waals surface area contributed by atoms with E-state index < -0.39 is 0 Å². The third-order valence-electron chi connectivity index (χ3n) is 3.16. The van der Waals surface area contributed by atoms with Crippen molar-refractivity contribution in [1.29, 1.82) is 0 Å². The Hall–Kier alpha value is -2.54. The number of carbonyl (C=O) groups is 1. The lowest BCUT2D eigenvalue weighted by atomic mass is 10.1. The second-order valence-corrected chi connectivity index (χ2v) is 5.73. The highest BCUT2D eigenvalue weighted by molar-refractivity contribution is 7.07. The molecule has 6 nitrogen and oxygen atoms in total. The van der Waals surface area contributed by atoms with Crippen LogP contribution in [0.3, 0.4) is 0 Å². The number of nitrogens with one attached hydrogen (secondary N) is 1. The number of hydrogen-bond acceptors (Lipinski definition) is 5. The summed E-state index contributed by atoms with van der Waals surface area (Å²) in [4.78, 5) is 20.4. The highest BCUT2D eigenvalue weighted by atomic mass is 32.1. The first-order valence-electron chi connectivity index (χ1n) is 6.85. The minimum atomic E-state index is -0.119. The molecular formula is C15H15N5OS. The Morgan fingerprint density at radius 1 is 1.45 bits per heavy atom. The van der Waals surface area contributed by atoms with Gasteiger partial charge in [-0.15, -0.1) is 0 Å². The highest BCUT2D eigenvalue weighted by Gasteiger charge is 2.12. The van der Waals surface area contributed by atoms with Crippen molar-refractivity contribution in [3.63, 3.8) is 0 Å². The Kier molecular flexibility index (Phi) is 4.24. The summed E-state index contributed by atoms with van der Waals surface area (Å²) in [5, 5.41) is 11.1. The van der Waals surface area contributed by atoms with Crippen molar-refractivity contribution >= 4 is 17.2 Å². The molecule has 3 aromatic heterocycles. The summed E-state index contributed by atoms with van der Waals surface area (Å²) < 4.78 is 1.52. The van der Waals surface area contributed by atoms with Gasteiger partial charge in [-0.1, -0.05) is 0 Å². The number of amides is 1. The molecule has 7 heteroatoms. The Balaban J connectivity index is 1.68. The van der Waals surface area contributed by atoms with Gasteiger partial charge in [0.2, 0.25) is 0 Å². The van der Waals surface area contributed by atoms with Crippen LogP contribution < -0.4 is 5.32 Å². The number of hydrogen-bond donors (Lipinski definition) is 1. The van der Waals surface area contributed by atoms with Gasteiger partial charge in [-0.3, -0.25) is 4.79 Å². The molecule has 112 valence electrons. The molecule has 3 aromatic rings. The molecule has 1 N–H and O–H groups in total. The zero-order valence-electron chi connectivity index (χ0n) is 12.0. The highest BCUT2D eigenvalue weighted by Crippen LogP contribution is 2.10. The zero-order chi connectivity index (χ0) is 15.4. The molecule has 0 spiro atoms. The van der Waals surface area contributed by atoms with Crippen LogP contribution >= 0.6 is 11.3 Å². The fourth-order valence-electron chi connectivity index (χ4n) is 2.13. The summed E-state index contributed by atoms with van der Waals surface area (Å²) in [7, 11) is 0. The molecule has 0 aliphatic heterocycles. The van der Waals surface area contributed by atoms with Gasteiger partial charge in [0.1, 0.15) is 12.7 Å². The predicted molar refractivity (Wildman–Crippen MR) is 84.1 cm³/mol. The van der Waals surface area contributed by atoms with Crippen molar-refractivity contribution in [2.24, 2.45) is 0 Å². The van der Waals surface area contributed by atoms with Crippen LogP contribution in [0.25, 0.3) is 5.82 Å². The van der Waals surface area contributed by atoms with E-state index in [2.05, 4.69) is 31.8 Å². The van der Waals surface area contributed by atoms with Gasteiger partial charge in [0.25, 0.3) is 5.91 Å². The monoisotopic (exact) mass is 313 g/mol. The van der Waals surface area contributed by atoms with Crippen molar-refractivity contribution < 1.29 is 4.79 Å². The van der Waals surface area contributed by atoms with Crippen LogP contribution in [0.15, 0.2) is 47.8 Å². The standard InChI is InChI=1S/C15H15N5OS/c1-11(6-12-3-5-22-8-12)19-15(21)13-2-4-17-14(7-13)20-10-16-9-18-20/h2-5,7-11H,6H2,1H3,(H,19,21)/t11-/m0/s1. The van der Waals surface area contributed by atoms with Gasteiger partial charge < -0.3 is 5.32 Å². The van der Waals surface area contributed by atoms with Crippen LogP contribution in [0, 0.1) is 0 Å². The normalized spacial score (nSPS) is 12.0. The van der Waals surface area contributed by atoms with E-state index in [1.807, 2.05) is 12.3 Å². The second kappa shape index (κ2) is 6.48. The van der Waals surface area contributed by atoms with E-state index >= 15 is 0 Å². The predicted octanol–water partition coefficient (Wildman–Crippen LogP) is 2.08. The fraction of sp³-hybridized carbons (Fsp3) is 0.200. The van der Waals surface area contributed by atoms with Crippen LogP contribution in [-0.2, 0) is 6.42 Å². The maximum Gasteiger partial charge on any atom is 0.251 e. The molecule has 0 radical (unpaired) electrons. The average Bonchev–Trinajstić information content (AvgIpc) is 3.20. The van der Waals surface area contributed by atoms with Gasteiger partial charge >= 0.3 is 0 Å². The minimum Gasteiger partial charge on any atom is -0.349 e. The van der Waals surface area contributed by atoms with Gasteiger partial charge in [0, 0.05) is 17.8 Å². The Morgan fingerprint density at radius 3 is 3.09 bits per heavy atom. The van der Waals surface area contributed by atoms with Crippen molar-refractivity contribution in [1.82, 2.24) is 25.1 Å². The van der Waals surface area contributed by atoms with E-state index in [1.165, 1.54) is 16.6 Å². The van der Waals surface area contributed by atoms with Crippen LogP contribution in [0.4, 0.5) is 0 Å². The van der Waals surface area contributed by atoms with Crippen LogP contribution in [0.1, 0.15) is 22.8 Å². The summed E-state index contributed by atoms with van der Waals surface area (Å²) in [5.74, 6) is 0.446. The Morgan fingerprint density at radius 2 is 2.36 bits per heavy atom. The average molecular weight is 313 g/mol. The van der Waals surface area contributed by atoms with Crippen molar-refractivity contribution in [2.75, 3.05) is 0 Å². The molecule has 3 heterocycles. The number of rotatable bonds is 5. The van der Waals surface area contributed by atoms with E-state index in [0.717, 1.165) is 6.42 Å². The van der Waals surface area contributed by atoms with Crippen molar-refractivity contribution in [2.45, 2.75) is 19.4 Å². The fourth-order valence-corrected chi connectivity index (χ4v) is 2.81. The largest absolute Gasteiger partial charge is 0.349 e. The lowest BCUT2D eigenvalue weighted by molar-refractivity contribution is 0.0940. The van der Waals surface area contributed by atoms with Crippen LogP contribution in [0.5, 0.6) is 0 Å². The molecule has 3 rings (SSSR count). The lowest BCUT2D eigenvalue weighted by Gasteiger charge is -2.13. The number of nitrogens with zero attached hydrogens (tertiary/aromatic N) is 4. The molecule has 0 aliphatic rings. The molecule has 0 bridgehead atoms. The van der Waals surface area contributed by atoms with Crippen molar-refractivity contribution in [3.8, 4) is 5.82 Å². The summed E-state index contributed by atoms with van der Waals surface area (Å²) in [6, 6.07) is 5.52. The number of carbonyl (C=O) groups excluding carboxylic acids is 1. The topological polar surface area (TPSA) is 72.7 Å². The van der Waals surface area contributed by atoms with Gasteiger partial charge in [-0.2, -0.15) is 16.4 Å². The van der Waals surface area contributed by atoms with Gasteiger partial charge in [-0.05, 0) is 47.9 Å². The number of aromatic nitrogens is 4. The van der Waals surface area contributed by atoms with E-state index in [1.54, 1.807) is 36.0 Å². The third-order valence-corrected chi connectivity index (χ3v) is 3.89. The molecule has 0 aromatic carbocycles. The minimum absolute atomic E-state index is 0.0603. The summed E-state index contributed by atoms with van der Waals surface area (Å²) in [6.45, 7) is 2.00. The maximum atomic E-state index is 12.3. The summed E-state index contributed by atoms with van der Waals surface area (Å²) >= 11 is 1.66. The Labute approximate surface area is 131 Å². The second-order valence-electron chi connectivity index (χ2n) is 4.95. The summed E-state index contributed by atoms with van der Waals surface area (Å²) in [5.41, 5.74) is 1.79.